The largest absolute Gasteiger partial charge is 0.334 e. The lowest BCUT2D eigenvalue weighted by atomic mass is 9.92. The highest BCUT2D eigenvalue weighted by Gasteiger charge is 2.21. The van der Waals surface area contributed by atoms with Gasteiger partial charge in [0.15, 0.2) is 0 Å². The fourth-order valence-electron chi connectivity index (χ4n) is 4.66. The summed E-state index contributed by atoms with van der Waals surface area (Å²) in [6.07, 6.45) is 3.97. The molecule has 4 aromatic heterocycles. The van der Waals surface area contributed by atoms with Crippen molar-refractivity contribution in [1.82, 2.24) is 24.5 Å². The van der Waals surface area contributed by atoms with Gasteiger partial charge in [-0.15, -0.1) is 0 Å². The maximum absolute atomic E-state index is 12.9. The van der Waals surface area contributed by atoms with Gasteiger partial charge in [-0.05, 0) is 64.7 Å². The summed E-state index contributed by atoms with van der Waals surface area (Å²) in [5.41, 5.74) is 9.16. The minimum Gasteiger partial charge on any atom is -0.334 e. The van der Waals surface area contributed by atoms with Gasteiger partial charge in [0.25, 0.3) is 0 Å². The second-order valence-electron chi connectivity index (χ2n) is 11.2. The van der Waals surface area contributed by atoms with E-state index in [0.717, 1.165) is 39.4 Å². The Morgan fingerprint density at radius 1 is 0.927 bits per heavy atom. The first-order chi connectivity index (χ1) is 19.7. The van der Waals surface area contributed by atoms with Crippen LogP contribution < -0.4 is 10.6 Å². The van der Waals surface area contributed by atoms with Crippen molar-refractivity contribution in [3.8, 4) is 28.1 Å². The number of fused-ring (bicyclic) bond motifs is 1. The van der Waals surface area contributed by atoms with E-state index in [1.165, 1.54) is 11.1 Å². The van der Waals surface area contributed by atoms with Gasteiger partial charge >= 0.3 is 6.03 Å². The van der Waals surface area contributed by atoms with Crippen LogP contribution in [0.5, 0.6) is 0 Å². The molecule has 0 radical (unpaired) electrons. The molecule has 8 heteroatoms. The first-order valence-corrected chi connectivity index (χ1v) is 14.5. The van der Waals surface area contributed by atoms with E-state index in [1.54, 1.807) is 16.0 Å². The molecule has 0 spiro atoms. The van der Waals surface area contributed by atoms with E-state index in [2.05, 4.69) is 88.1 Å². The van der Waals surface area contributed by atoms with E-state index in [0.29, 0.717) is 12.4 Å². The fraction of sp³-hybridized carbons (Fsp3) is 0.182. The number of benzene rings is 2. The Balaban J connectivity index is 1.14. The van der Waals surface area contributed by atoms with Gasteiger partial charge < -0.3 is 5.32 Å². The SMILES string of the molecule is Cc1ccc(-n2nc(C(C)(C)C)cc2NC(=O)NCc2ccc(-c3cnc4cc(-c5ccsc5)ccn34)cc2)cc1. The highest BCUT2D eigenvalue weighted by Crippen LogP contribution is 2.28. The number of urea groups is 1. The van der Waals surface area contributed by atoms with Crippen molar-refractivity contribution in [3.05, 3.63) is 113 Å². The van der Waals surface area contributed by atoms with Crippen LogP contribution in [-0.4, -0.2) is 25.2 Å². The number of aromatic nitrogens is 4. The van der Waals surface area contributed by atoms with E-state index in [9.17, 15) is 4.79 Å². The van der Waals surface area contributed by atoms with Crippen molar-refractivity contribution in [2.45, 2.75) is 39.7 Å². The average molecular weight is 561 g/mol. The zero-order valence-corrected chi connectivity index (χ0v) is 24.4. The van der Waals surface area contributed by atoms with Crippen LogP contribution >= 0.6 is 11.3 Å². The van der Waals surface area contributed by atoms with Gasteiger partial charge in [-0.25, -0.2) is 14.5 Å². The number of rotatable bonds is 6. The van der Waals surface area contributed by atoms with Crippen molar-refractivity contribution in [2.75, 3.05) is 5.32 Å². The molecule has 6 rings (SSSR count). The molecule has 0 saturated carbocycles. The molecule has 2 aromatic carbocycles. The van der Waals surface area contributed by atoms with Gasteiger partial charge in [-0.2, -0.15) is 16.4 Å². The van der Waals surface area contributed by atoms with Crippen LogP contribution in [0.25, 0.3) is 33.7 Å². The number of aryl methyl sites for hydroxylation is 1. The standard InChI is InChI=1S/C33H32N6OS/c1-22-5-11-27(12-6-22)39-31(18-29(37-39)33(2,3)4)36-32(40)35-19-23-7-9-24(10-8-23)28-20-34-30-17-25(13-15-38(28)30)26-14-16-41-21-26/h5-18,20-21H,19H2,1-4H3,(H2,35,36,40). The van der Waals surface area contributed by atoms with Crippen LogP contribution in [0.2, 0.25) is 0 Å². The minimum atomic E-state index is -0.286. The number of hydrogen-bond acceptors (Lipinski definition) is 4. The van der Waals surface area contributed by atoms with Gasteiger partial charge in [0.05, 0.1) is 23.3 Å². The summed E-state index contributed by atoms with van der Waals surface area (Å²) in [5.74, 6) is 0.626. The molecular weight excluding hydrogens is 528 g/mol. The predicted molar refractivity (Wildman–Crippen MR) is 167 cm³/mol. The Kier molecular flexibility index (Phi) is 6.93. The lowest BCUT2D eigenvalue weighted by Gasteiger charge is -2.14. The summed E-state index contributed by atoms with van der Waals surface area (Å²) in [7, 11) is 0. The van der Waals surface area contributed by atoms with Crippen molar-refractivity contribution < 1.29 is 4.79 Å². The quantitative estimate of drug-likeness (QED) is 0.218. The molecule has 41 heavy (non-hydrogen) atoms. The molecule has 2 amide bonds. The normalized spacial score (nSPS) is 11.6. The Bertz CT molecular complexity index is 1810. The molecule has 0 atom stereocenters. The number of nitrogens with zero attached hydrogens (tertiary/aromatic N) is 4. The zero-order chi connectivity index (χ0) is 28.6. The van der Waals surface area contributed by atoms with Gasteiger partial charge in [-0.1, -0.05) is 62.7 Å². The summed E-state index contributed by atoms with van der Waals surface area (Å²) >= 11 is 1.69. The minimum absolute atomic E-state index is 0.155. The van der Waals surface area contributed by atoms with Crippen molar-refractivity contribution in [2.24, 2.45) is 0 Å². The van der Waals surface area contributed by atoms with Crippen molar-refractivity contribution in [3.63, 3.8) is 0 Å². The number of amides is 2. The summed E-state index contributed by atoms with van der Waals surface area (Å²) in [5, 5.41) is 15.0. The monoisotopic (exact) mass is 560 g/mol. The first-order valence-electron chi connectivity index (χ1n) is 13.6. The lowest BCUT2D eigenvalue weighted by molar-refractivity contribution is 0.251. The summed E-state index contributed by atoms with van der Waals surface area (Å²) in [6.45, 7) is 8.77. The highest BCUT2D eigenvalue weighted by atomic mass is 32.1. The van der Waals surface area contributed by atoms with Crippen LogP contribution in [0.1, 0.15) is 37.6 Å². The molecule has 0 saturated heterocycles. The smallest absolute Gasteiger partial charge is 0.320 e. The first kappa shape index (κ1) is 26.5. The molecular formula is C33H32N6OS. The maximum atomic E-state index is 12.9. The zero-order valence-electron chi connectivity index (χ0n) is 23.6. The van der Waals surface area contributed by atoms with Crippen LogP contribution in [-0.2, 0) is 12.0 Å². The molecule has 7 nitrogen and oxygen atoms in total. The summed E-state index contributed by atoms with van der Waals surface area (Å²) < 4.78 is 3.88. The number of hydrogen-bond donors (Lipinski definition) is 2. The van der Waals surface area contributed by atoms with Crippen LogP contribution in [0.4, 0.5) is 10.6 Å². The molecule has 4 heterocycles. The van der Waals surface area contributed by atoms with E-state index in [-0.39, 0.29) is 11.4 Å². The average Bonchev–Trinajstić information content (AvgIpc) is 3.72. The van der Waals surface area contributed by atoms with Crippen LogP contribution in [0.3, 0.4) is 0 Å². The number of carbonyl (C=O) groups is 1. The Hall–Kier alpha value is -4.69. The van der Waals surface area contributed by atoms with Crippen molar-refractivity contribution >= 4 is 28.8 Å². The second kappa shape index (κ2) is 10.7. The predicted octanol–water partition coefficient (Wildman–Crippen LogP) is 7.84. The van der Waals surface area contributed by atoms with Crippen molar-refractivity contribution in [1.29, 1.82) is 0 Å². The van der Waals surface area contributed by atoms with E-state index in [1.807, 2.05) is 55.6 Å². The fourth-order valence-corrected chi connectivity index (χ4v) is 5.32. The number of nitrogens with one attached hydrogen (secondary N) is 2. The van der Waals surface area contributed by atoms with E-state index in [4.69, 9.17) is 5.10 Å². The molecule has 6 aromatic rings. The third-order valence-electron chi connectivity index (χ3n) is 7.07. The van der Waals surface area contributed by atoms with E-state index >= 15 is 0 Å². The summed E-state index contributed by atoms with van der Waals surface area (Å²) in [6, 6.07) is 24.3. The van der Waals surface area contributed by atoms with Crippen LogP contribution in [0.15, 0.2) is 96.0 Å². The second-order valence-corrected chi connectivity index (χ2v) is 12.0. The third-order valence-corrected chi connectivity index (χ3v) is 7.75. The molecule has 206 valence electrons. The summed E-state index contributed by atoms with van der Waals surface area (Å²) in [4.78, 5) is 17.6. The molecule has 0 aliphatic heterocycles. The number of imidazole rings is 1. The van der Waals surface area contributed by atoms with Gasteiger partial charge in [0, 0.05) is 29.8 Å². The van der Waals surface area contributed by atoms with Gasteiger partial charge in [0.2, 0.25) is 0 Å². The van der Waals surface area contributed by atoms with Gasteiger partial charge in [-0.3, -0.25) is 9.72 Å². The van der Waals surface area contributed by atoms with E-state index < -0.39 is 0 Å². The third kappa shape index (κ3) is 5.64. The molecule has 0 unspecified atom stereocenters. The Morgan fingerprint density at radius 2 is 1.71 bits per heavy atom. The molecule has 0 aliphatic rings. The molecule has 0 bridgehead atoms. The Labute approximate surface area is 243 Å². The topological polar surface area (TPSA) is 76.2 Å². The molecule has 2 N–H and O–H groups in total. The van der Waals surface area contributed by atoms with Gasteiger partial charge in [0.1, 0.15) is 11.5 Å². The molecule has 0 aliphatic carbocycles. The van der Waals surface area contributed by atoms with Crippen LogP contribution in [0, 0.1) is 6.92 Å². The number of anilines is 1. The number of carbonyl (C=O) groups excluding carboxylic acids is 1. The number of thiophene rings is 1. The lowest BCUT2D eigenvalue weighted by Crippen LogP contribution is -2.29. The highest BCUT2D eigenvalue weighted by molar-refractivity contribution is 7.08. The Morgan fingerprint density at radius 3 is 2.41 bits per heavy atom. The molecule has 0 fully saturated rings. The maximum Gasteiger partial charge on any atom is 0.320 e. The number of pyridine rings is 1.